The Hall–Kier alpha value is -0.710. The second kappa shape index (κ2) is 4.44. The molecule has 0 aliphatic heterocycles. The van der Waals surface area contributed by atoms with Gasteiger partial charge in [-0.25, -0.2) is 0 Å². The molecule has 5 heteroatoms. The zero-order valence-corrected chi connectivity index (χ0v) is 11.7. The summed E-state index contributed by atoms with van der Waals surface area (Å²) in [4.78, 5) is 0. The van der Waals surface area contributed by atoms with E-state index in [1.807, 2.05) is 0 Å². The van der Waals surface area contributed by atoms with Crippen LogP contribution in [0, 0.1) is 11.3 Å². The molecule has 1 fully saturated rings. The van der Waals surface area contributed by atoms with E-state index in [1.165, 1.54) is 6.07 Å². The first kappa shape index (κ1) is 13.7. The molecular weight excluding hydrogens is 309 g/mol. The molecule has 100 valence electrons. The van der Waals surface area contributed by atoms with E-state index >= 15 is 0 Å². The van der Waals surface area contributed by atoms with Crippen LogP contribution < -0.4 is 4.74 Å². The zero-order valence-electron chi connectivity index (χ0n) is 10.1. The van der Waals surface area contributed by atoms with Gasteiger partial charge in [0.25, 0.3) is 0 Å². The van der Waals surface area contributed by atoms with Gasteiger partial charge < -0.3 is 4.74 Å². The number of benzene rings is 1. The summed E-state index contributed by atoms with van der Waals surface area (Å²) in [5.41, 5.74) is 0.651. The fraction of sp³-hybridized carbons (Fsp3) is 0.538. The van der Waals surface area contributed by atoms with Gasteiger partial charge in [-0.15, -0.1) is 13.2 Å². The molecule has 1 aliphatic rings. The summed E-state index contributed by atoms with van der Waals surface area (Å²) in [6.45, 7) is 4.13. The minimum Gasteiger partial charge on any atom is -0.405 e. The standard InChI is InChI=1S/C13H14BrF3O/c1-12(2)9(7-14)11(12)8-5-3-4-6-10(8)18-13(15,16)17/h3-6,9,11H,7H2,1-2H3. The van der Waals surface area contributed by atoms with Crippen molar-refractivity contribution in [2.24, 2.45) is 11.3 Å². The molecule has 1 nitrogen and oxygen atoms in total. The second-order valence-electron chi connectivity index (χ2n) is 5.15. The van der Waals surface area contributed by atoms with E-state index in [4.69, 9.17) is 0 Å². The molecule has 2 atom stereocenters. The molecule has 2 unspecified atom stereocenters. The lowest BCUT2D eigenvalue weighted by Gasteiger charge is -2.13. The normalized spacial score (nSPS) is 25.9. The molecule has 1 aliphatic carbocycles. The van der Waals surface area contributed by atoms with E-state index < -0.39 is 6.36 Å². The third-order valence-corrected chi connectivity index (χ3v) is 4.39. The summed E-state index contributed by atoms with van der Waals surface area (Å²) < 4.78 is 41.1. The number of halogens is 4. The van der Waals surface area contributed by atoms with Crippen molar-refractivity contribution in [1.29, 1.82) is 0 Å². The third kappa shape index (κ3) is 2.51. The first-order chi connectivity index (χ1) is 8.27. The van der Waals surface area contributed by atoms with Crippen LogP contribution in [-0.2, 0) is 0 Å². The van der Waals surface area contributed by atoms with Crippen LogP contribution in [0.5, 0.6) is 5.75 Å². The number of ether oxygens (including phenoxy) is 1. The molecule has 0 saturated heterocycles. The van der Waals surface area contributed by atoms with Crippen molar-refractivity contribution in [3.05, 3.63) is 29.8 Å². The highest BCUT2D eigenvalue weighted by molar-refractivity contribution is 9.09. The molecule has 18 heavy (non-hydrogen) atoms. The van der Waals surface area contributed by atoms with E-state index in [9.17, 15) is 13.2 Å². The molecule has 0 radical (unpaired) electrons. The van der Waals surface area contributed by atoms with Crippen LogP contribution in [0.25, 0.3) is 0 Å². The Balaban J connectivity index is 2.30. The van der Waals surface area contributed by atoms with E-state index in [0.29, 0.717) is 11.5 Å². The van der Waals surface area contributed by atoms with Crippen molar-refractivity contribution in [1.82, 2.24) is 0 Å². The molecule has 0 amide bonds. The third-order valence-electron chi connectivity index (χ3n) is 3.70. The summed E-state index contributed by atoms with van der Waals surface area (Å²) >= 11 is 3.41. The number of hydrogen-bond donors (Lipinski definition) is 0. The van der Waals surface area contributed by atoms with Gasteiger partial charge in [-0.1, -0.05) is 48.0 Å². The van der Waals surface area contributed by atoms with Gasteiger partial charge in [0.1, 0.15) is 5.75 Å². The average molecular weight is 323 g/mol. The van der Waals surface area contributed by atoms with E-state index in [-0.39, 0.29) is 17.1 Å². The van der Waals surface area contributed by atoms with Gasteiger partial charge in [0.15, 0.2) is 0 Å². The molecule has 0 bridgehead atoms. The number of alkyl halides is 4. The Morgan fingerprint density at radius 3 is 2.39 bits per heavy atom. The summed E-state index contributed by atoms with van der Waals surface area (Å²) in [5.74, 6) is 0.373. The lowest BCUT2D eigenvalue weighted by Crippen LogP contribution is -2.18. The largest absolute Gasteiger partial charge is 0.573 e. The average Bonchev–Trinajstić information content (AvgIpc) is 2.79. The number of para-hydroxylation sites is 1. The first-order valence-corrected chi connectivity index (χ1v) is 6.80. The van der Waals surface area contributed by atoms with Gasteiger partial charge >= 0.3 is 6.36 Å². The van der Waals surface area contributed by atoms with Crippen LogP contribution >= 0.6 is 15.9 Å². The maximum Gasteiger partial charge on any atom is 0.573 e. The SMILES string of the molecule is CC1(C)C(CBr)C1c1ccccc1OC(F)(F)F. The minimum absolute atomic E-state index is 0.00849. The summed E-state index contributed by atoms with van der Waals surface area (Å²) in [7, 11) is 0. The molecule has 1 aromatic carbocycles. The number of hydrogen-bond acceptors (Lipinski definition) is 1. The molecule has 2 rings (SSSR count). The van der Waals surface area contributed by atoms with Crippen LogP contribution in [-0.4, -0.2) is 11.7 Å². The smallest absolute Gasteiger partial charge is 0.405 e. The fourth-order valence-corrected chi connectivity index (χ4v) is 3.81. The molecule has 1 saturated carbocycles. The predicted molar refractivity (Wildman–Crippen MR) is 66.9 cm³/mol. The van der Waals surface area contributed by atoms with E-state index in [1.54, 1.807) is 18.2 Å². The van der Waals surface area contributed by atoms with Crippen LogP contribution in [0.4, 0.5) is 13.2 Å². The first-order valence-electron chi connectivity index (χ1n) is 5.68. The van der Waals surface area contributed by atoms with Gasteiger partial charge in [0.05, 0.1) is 0 Å². The van der Waals surface area contributed by atoms with Crippen molar-refractivity contribution in [3.8, 4) is 5.75 Å². The molecule has 0 aromatic heterocycles. The monoisotopic (exact) mass is 322 g/mol. The Morgan fingerprint density at radius 1 is 1.28 bits per heavy atom. The Bertz CT molecular complexity index is 442. The number of rotatable bonds is 3. The van der Waals surface area contributed by atoms with Crippen molar-refractivity contribution < 1.29 is 17.9 Å². The van der Waals surface area contributed by atoms with E-state index in [2.05, 4.69) is 34.5 Å². The van der Waals surface area contributed by atoms with Gasteiger partial charge in [-0.2, -0.15) is 0 Å². The highest BCUT2D eigenvalue weighted by Crippen LogP contribution is 2.66. The zero-order chi connectivity index (χ0) is 13.6. The van der Waals surface area contributed by atoms with Crippen molar-refractivity contribution in [2.75, 3.05) is 5.33 Å². The van der Waals surface area contributed by atoms with Gasteiger partial charge in [0.2, 0.25) is 0 Å². The Labute approximate surface area is 112 Å². The lowest BCUT2D eigenvalue weighted by atomic mass is 10.0. The molecule has 1 aromatic rings. The summed E-state index contributed by atoms with van der Waals surface area (Å²) in [6.07, 6.45) is -4.64. The predicted octanol–water partition coefficient (Wildman–Crippen LogP) is 4.72. The molecule has 0 N–H and O–H groups in total. The maximum absolute atomic E-state index is 12.3. The van der Waals surface area contributed by atoms with Crippen molar-refractivity contribution in [3.63, 3.8) is 0 Å². The minimum atomic E-state index is -4.64. The fourth-order valence-electron chi connectivity index (χ4n) is 2.60. The Morgan fingerprint density at radius 2 is 1.89 bits per heavy atom. The van der Waals surface area contributed by atoms with E-state index in [0.717, 1.165) is 5.33 Å². The summed E-state index contributed by atoms with van der Waals surface area (Å²) in [5, 5.41) is 0.783. The topological polar surface area (TPSA) is 9.23 Å². The lowest BCUT2D eigenvalue weighted by molar-refractivity contribution is -0.274. The molecule has 0 spiro atoms. The second-order valence-corrected chi connectivity index (χ2v) is 5.79. The summed E-state index contributed by atoms with van der Waals surface area (Å²) in [6, 6.07) is 6.40. The van der Waals surface area contributed by atoms with Crippen LogP contribution in [0.1, 0.15) is 25.3 Å². The van der Waals surface area contributed by atoms with Crippen molar-refractivity contribution >= 4 is 15.9 Å². The Kier molecular flexibility index (Phi) is 3.38. The van der Waals surface area contributed by atoms with Crippen molar-refractivity contribution in [2.45, 2.75) is 26.1 Å². The van der Waals surface area contributed by atoms with Gasteiger partial charge in [-0.3, -0.25) is 0 Å². The maximum atomic E-state index is 12.3. The van der Waals surface area contributed by atoms with Crippen LogP contribution in [0.15, 0.2) is 24.3 Å². The highest BCUT2D eigenvalue weighted by Gasteiger charge is 2.58. The van der Waals surface area contributed by atoms with Crippen LogP contribution in [0.2, 0.25) is 0 Å². The van der Waals surface area contributed by atoms with Crippen LogP contribution in [0.3, 0.4) is 0 Å². The molecular formula is C13H14BrF3O. The quantitative estimate of drug-likeness (QED) is 0.732. The van der Waals surface area contributed by atoms with Gasteiger partial charge in [0, 0.05) is 5.33 Å². The molecule has 0 heterocycles. The van der Waals surface area contributed by atoms with Gasteiger partial charge in [-0.05, 0) is 28.9 Å². The highest BCUT2D eigenvalue weighted by atomic mass is 79.9.